The van der Waals surface area contributed by atoms with Crippen LogP contribution in [0.4, 0.5) is 5.69 Å². The minimum atomic E-state index is -1.54. The molecular weight excluding hydrogens is 654 g/mol. The molecule has 11 heteroatoms. The number of benzene rings is 5. The molecular formula is C40H33NO10. The summed E-state index contributed by atoms with van der Waals surface area (Å²) in [4.78, 5) is 54.0. The lowest BCUT2D eigenvalue weighted by atomic mass is 9.97. The Kier molecular flexibility index (Phi) is 11.0. The monoisotopic (exact) mass is 687 g/mol. The second kappa shape index (κ2) is 16.3. The number of hydrogen-bond acceptors (Lipinski definition) is 11. The van der Waals surface area contributed by atoms with E-state index in [4.69, 9.17) is 34.2 Å². The van der Waals surface area contributed by atoms with E-state index in [9.17, 15) is 19.2 Å². The van der Waals surface area contributed by atoms with E-state index in [0.29, 0.717) is 5.69 Å². The van der Waals surface area contributed by atoms with Crippen molar-refractivity contribution in [3.05, 3.63) is 168 Å². The van der Waals surface area contributed by atoms with Gasteiger partial charge in [0.1, 0.15) is 18.5 Å². The van der Waals surface area contributed by atoms with E-state index >= 15 is 0 Å². The fourth-order valence-corrected chi connectivity index (χ4v) is 5.30. The number of hydrogen-bond donors (Lipinski definition) is 1. The first-order valence-corrected chi connectivity index (χ1v) is 16.0. The topological polar surface area (TPSA) is 150 Å². The maximum Gasteiger partial charge on any atom is 0.338 e. The minimum Gasteiger partial charge on any atom is -0.461 e. The molecule has 0 spiro atoms. The van der Waals surface area contributed by atoms with Gasteiger partial charge in [0.25, 0.3) is 0 Å². The summed E-state index contributed by atoms with van der Waals surface area (Å²) in [5, 5.41) is 0. The van der Waals surface area contributed by atoms with E-state index < -0.39 is 61.2 Å². The molecule has 2 N–H and O–H groups in total. The normalized spacial score (nSPS) is 19.6. The van der Waals surface area contributed by atoms with Crippen molar-refractivity contribution >= 4 is 29.6 Å². The molecule has 258 valence electrons. The molecule has 5 aromatic rings. The molecule has 1 heterocycles. The van der Waals surface area contributed by atoms with Crippen LogP contribution in [0.15, 0.2) is 146 Å². The molecule has 0 amide bonds. The van der Waals surface area contributed by atoms with Crippen molar-refractivity contribution in [2.45, 2.75) is 30.7 Å². The molecule has 1 aliphatic rings. The fraction of sp³-hybridized carbons (Fsp3) is 0.150. The second-order valence-electron chi connectivity index (χ2n) is 11.4. The van der Waals surface area contributed by atoms with Crippen molar-refractivity contribution < 1.29 is 47.6 Å². The molecule has 0 aromatic heterocycles. The number of anilines is 1. The van der Waals surface area contributed by atoms with Gasteiger partial charge in [0.15, 0.2) is 12.2 Å². The number of rotatable bonds is 11. The summed E-state index contributed by atoms with van der Waals surface area (Å²) >= 11 is 0. The lowest BCUT2D eigenvalue weighted by Crippen LogP contribution is -2.63. The molecule has 51 heavy (non-hydrogen) atoms. The SMILES string of the molecule is Nc1ccc(O[C@@H]2O[C@H](COC(=O)c3ccccc3)[C@@H](OC(=O)c3ccccc3)[C@H](OC(=O)c3ccccc3)[C@H]2OC(=O)c2ccccc2)cc1. The summed E-state index contributed by atoms with van der Waals surface area (Å²) < 4.78 is 36.3. The molecule has 0 bridgehead atoms. The average Bonchev–Trinajstić information content (AvgIpc) is 3.18. The Bertz CT molecular complexity index is 1920. The summed E-state index contributed by atoms with van der Waals surface area (Å²) in [5.74, 6) is -2.81. The minimum absolute atomic E-state index is 0.174. The van der Waals surface area contributed by atoms with Crippen molar-refractivity contribution in [1.82, 2.24) is 0 Å². The van der Waals surface area contributed by atoms with Crippen molar-refractivity contribution in [2.24, 2.45) is 0 Å². The van der Waals surface area contributed by atoms with Gasteiger partial charge in [0.2, 0.25) is 12.4 Å². The van der Waals surface area contributed by atoms with E-state index in [1.807, 2.05) is 0 Å². The highest BCUT2D eigenvalue weighted by Crippen LogP contribution is 2.33. The third-order valence-electron chi connectivity index (χ3n) is 7.87. The first kappa shape index (κ1) is 34.4. The third-order valence-corrected chi connectivity index (χ3v) is 7.87. The van der Waals surface area contributed by atoms with Crippen LogP contribution in [-0.2, 0) is 23.7 Å². The Labute approximate surface area is 293 Å². The van der Waals surface area contributed by atoms with Crippen LogP contribution in [0.1, 0.15) is 41.4 Å². The van der Waals surface area contributed by atoms with Crippen LogP contribution >= 0.6 is 0 Å². The molecule has 0 radical (unpaired) electrons. The zero-order chi connectivity index (χ0) is 35.6. The summed E-state index contributed by atoms with van der Waals surface area (Å²) in [5.41, 5.74) is 7.17. The predicted molar refractivity (Wildman–Crippen MR) is 184 cm³/mol. The lowest BCUT2D eigenvalue weighted by molar-refractivity contribution is -0.275. The summed E-state index contributed by atoms with van der Waals surface area (Å²) in [6.45, 7) is -0.471. The molecule has 1 fully saturated rings. The van der Waals surface area contributed by atoms with Gasteiger partial charge in [-0.3, -0.25) is 0 Å². The number of carbonyl (C=O) groups is 4. The molecule has 5 atom stereocenters. The zero-order valence-corrected chi connectivity index (χ0v) is 27.1. The predicted octanol–water partition coefficient (Wildman–Crippen LogP) is 5.91. The van der Waals surface area contributed by atoms with Gasteiger partial charge in [-0.2, -0.15) is 0 Å². The molecule has 0 saturated carbocycles. The smallest absolute Gasteiger partial charge is 0.338 e. The first-order valence-electron chi connectivity index (χ1n) is 16.0. The Morgan fingerprint density at radius 3 is 1.33 bits per heavy atom. The van der Waals surface area contributed by atoms with Crippen LogP contribution in [0.2, 0.25) is 0 Å². The van der Waals surface area contributed by atoms with E-state index in [-0.39, 0.29) is 28.0 Å². The molecule has 0 unspecified atom stereocenters. The quantitative estimate of drug-likeness (QED) is 0.100. The van der Waals surface area contributed by atoms with Gasteiger partial charge >= 0.3 is 23.9 Å². The highest BCUT2D eigenvalue weighted by Gasteiger charge is 2.54. The maximum absolute atomic E-state index is 13.7. The Morgan fingerprint density at radius 2 is 0.882 bits per heavy atom. The van der Waals surface area contributed by atoms with Crippen molar-refractivity contribution in [2.75, 3.05) is 12.3 Å². The van der Waals surface area contributed by atoms with Crippen LogP contribution in [0.25, 0.3) is 0 Å². The molecule has 1 saturated heterocycles. The molecule has 1 aliphatic heterocycles. The van der Waals surface area contributed by atoms with Crippen LogP contribution in [0, 0.1) is 0 Å². The van der Waals surface area contributed by atoms with Gasteiger partial charge in [-0.1, -0.05) is 72.8 Å². The van der Waals surface area contributed by atoms with Gasteiger partial charge in [-0.15, -0.1) is 0 Å². The second-order valence-corrected chi connectivity index (χ2v) is 11.4. The van der Waals surface area contributed by atoms with Crippen molar-refractivity contribution in [3.63, 3.8) is 0 Å². The molecule has 6 rings (SSSR count). The van der Waals surface area contributed by atoms with E-state index in [1.54, 1.807) is 146 Å². The van der Waals surface area contributed by atoms with Gasteiger partial charge < -0.3 is 34.2 Å². The fourth-order valence-electron chi connectivity index (χ4n) is 5.30. The van der Waals surface area contributed by atoms with Crippen LogP contribution in [0.5, 0.6) is 5.75 Å². The third kappa shape index (κ3) is 8.77. The first-order chi connectivity index (χ1) is 24.9. The van der Waals surface area contributed by atoms with Gasteiger partial charge in [0.05, 0.1) is 22.3 Å². The maximum atomic E-state index is 13.7. The summed E-state index contributed by atoms with van der Waals surface area (Å²) in [6.07, 6.45) is -7.29. The van der Waals surface area contributed by atoms with Crippen LogP contribution in [-0.4, -0.2) is 61.2 Å². The molecule has 0 aliphatic carbocycles. The van der Waals surface area contributed by atoms with Crippen LogP contribution in [0.3, 0.4) is 0 Å². The highest BCUT2D eigenvalue weighted by atomic mass is 16.7. The van der Waals surface area contributed by atoms with Gasteiger partial charge in [0, 0.05) is 5.69 Å². The van der Waals surface area contributed by atoms with E-state index in [2.05, 4.69) is 0 Å². The number of nitrogen functional groups attached to an aromatic ring is 1. The lowest BCUT2D eigenvalue weighted by Gasteiger charge is -2.44. The average molecular weight is 688 g/mol. The van der Waals surface area contributed by atoms with E-state index in [0.717, 1.165) is 0 Å². The standard InChI is InChI=1S/C40H33NO10/c41-30-21-23-31(24-22-30)47-40-35(51-39(45)29-19-11-4-12-20-29)34(50-38(44)28-17-9-3-10-18-28)33(49-37(43)27-15-7-2-8-16-27)32(48-40)25-46-36(42)26-13-5-1-6-14-26/h1-24,32-35,40H,25,41H2/t32-,33-,34+,35-,40-/m1/s1. The molecule has 5 aromatic carbocycles. The largest absolute Gasteiger partial charge is 0.461 e. The van der Waals surface area contributed by atoms with Crippen molar-refractivity contribution in [1.29, 1.82) is 0 Å². The number of carbonyl (C=O) groups excluding carboxylic acids is 4. The number of ether oxygens (including phenoxy) is 6. The summed E-state index contributed by atoms with van der Waals surface area (Å²) in [7, 11) is 0. The number of nitrogens with two attached hydrogens (primary N) is 1. The Morgan fingerprint density at radius 1 is 0.490 bits per heavy atom. The van der Waals surface area contributed by atoms with E-state index in [1.165, 1.54) is 0 Å². The van der Waals surface area contributed by atoms with Crippen LogP contribution < -0.4 is 10.5 Å². The highest BCUT2D eigenvalue weighted by molar-refractivity contribution is 5.91. The van der Waals surface area contributed by atoms with Gasteiger partial charge in [-0.25, -0.2) is 19.2 Å². The summed E-state index contributed by atoms with van der Waals surface area (Å²) in [6, 6.07) is 39.0. The van der Waals surface area contributed by atoms with Gasteiger partial charge in [-0.05, 0) is 72.8 Å². The van der Waals surface area contributed by atoms with Crippen molar-refractivity contribution in [3.8, 4) is 5.75 Å². The molecule has 11 nitrogen and oxygen atoms in total. The number of esters is 4. The Hall–Kier alpha value is -6.46. The zero-order valence-electron chi connectivity index (χ0n) is 27.1. The Balaban J connectivity index is 1.41.